The lowest BCUT2D eigenvalue weighted by Crippen LogP contribution is -2.24. The normalized spacial score (nSPS) is 14.6. The highest BCUT2D eigenvalue weighted by Gasteiger charge is 2.28. The van der Waals surface area contributed by atoms with Crippen molar-refractivity contribution in [3.05, 3.63) is 29.1 Å². The number of aliphatic imine (C=N–C) groups is 1. The van der Waals surface area contributed by atoms with Crippen molar-refractivity contribution in [1.29, 1.82) is 0 Å². The molecular weight excluding hydrogens is 320 g/mol. The van der Waals surface area contributed by atoms with Crippen molar-refractivity contribution in [2.24, 2.45) is 4.99 Å². The van der Waals surface area contributed by atoms with Crippen LogP contribution in [0.1, 0.15) is 49.6 Å². The third-order valence-electron chi connectivity index (χ3n) is 4.25. The van der Waals surface area contributed by atoms with Crippen molar-refractivity contribution in [2.75, 3.05) is 7.05 Å². The number of nitrogens with zero attached hydrogens (tertiary/aromatic N) is 4. The predicted octanol–water partition coefficient (Wildman–Crippen LogP) is 4.82. The molecule has 0 saturated heterocycles. The Balaban J connectivity index is 1.76. The van der Waals surface area contributed by atoms with Gasteiger partial charge in [-0.1, -0.05) is 0 Å². The molecule has 0 bridgehead atoms. The molecule has 0 radical (unpaired) electrons. The van der Waals surface area contributed by atoms with Crippen molar-refractivity contribution in [3.63, 3.8) is 0 Å². The molecule has 2 aromatic rings. The third kappa shape index (κ3) is 3.93. The number of benzene rings is 1. The molecule has 24 heavy (non-hydrogen) atoms. The molecule has 1 fully saturated rings. The maximum Gasteiger partial charge on any atom is 0.298 e. The van der Waals surface area contributed by atoms with Crippen LogP contribution in [0.4, 0.5) is 5.69 Å². The van der Waals surface area contributed by atoms with E-state index in [-0.39, 0.29) is 0 Å². The molecule has 0 aliphatic heterocycles. The predicted molar refractivity (Wildman–Crippen MR) is 98.9 cm³/mol. The maximum atomic E-state index is 5.95. The molecule has 5 nitrogen and oxygen atoms in total. The Kier molecular flexibility index (Phi) is 4.85. The summed E-state index contributed by atoms with van der Waals surface area (Å²) in [6.45, 7) is 8.35. The van der Waals surface area contributed by atoms with E-state index in [1.807, 2.05) is 33.3 Å². The van der Waals surface area contributed by atoms with Gasteiger partial charge in [0.25, 0.3) is 5.19 Å². The van der Waals surface area contributed by atoms with Gasteiger partial charge in [-0.2, -0.15) is 9.36 Å². The smallest absolute Gasteiger partial charge is 0.298 e. The summed E-state index contributed by atoms with van der Waals surface area (Å²) >= 11 is 1.33. The third-order valence-corrected chi connectivity index (χ3v) is 4.86. The van der Waals surface area contributed by atoms with Crippen LogP contribution in [0.5, 0.6) is 10.9 Å². The zero-order chi connectivity index (χ0) is 17.3. The second-order valence-corrected chi connectivity index (χ2v) is 7.42. The fourth-order valence-corrected chi connectivity index (χ4v) is 2.80. The fourth-order valence-electron chi connectivity index (χ4n) is 2.17. The lowest BCUT2D eigenvalue weighted by molar-refractivity contribution is 0.429. The Labute approximate surface area is 147 Å². The Morgan fingerprint density at radius 3 is 2.71 bits per heavy atom. The molecule has 128 valence electrons. The van der Waals surface area contributed by atoms with E-state index in [1.165, 1.54) is 24.4 Å². The number of ether oxygens (including phenoxy) is 1. The van der Waals surface area contributed by atoms with Crippen molar-refractivity contribution in [2.45, 2.75) is 52.5 Å². The molecule has 0 unspecified atom stereocenters. The average Bonchev–Trinajstić information content (AvgIpc) is 3.28. The van der Waals surface area contributed by atoms with Gasteiger partial charge in [-0.25, -0.2) is 4.99 Å². The molecule has 0 N–H and O–H groups in total. The Morgan fingerprint density at radius 2 is 2.04 bits per heavy atom. The lowest BCUT2D eigenvalue weighted by atomic mass is 10.1. The summed E-state index contributed by atoms with van der Waals surface area (Å²) in [4.78, 5) is 11.2. The molecule has 1 heterocycles. The first-order valence-electron chi connectivity index (χ1n) is 8.33. The van der Waals surface area contributed by atoms with Gasteiger partial charge in [0.1, 0.15) is 11.6 Å². The van der Waals surface area contributed by atoms with Crippen LogP contribution in [0.25, 0.3) is 0 Å². The van der Waals surface area contributed by atoms with E-state index in [2.05, 4.69) is 39.2 Å². The molecule has 6 heteroatoms. The first-order chi connectivity index (χ1) is 11.4. The van der Waals surface area contributed by atoms with Gasteiger partial charge in [-0.15, -0.1) is 0 Å². The fraction of sp³-hybridized carbons (Fsp3) is 0.500. The first-order valence-corrected chi connectivity index (χ1v) is 9.10. The van der Waals surface area contributed by atoms with Gasteiger partial charge in [0, 0.05) is 30.5 Å². The van der Waals surface area contributed by atoms with E-state index in [4.69, 9.17) is 4.74 Å². The quantitative estimate of drug-likeness (QED) is 0.556. The summed E-state index contributed by atoms with van der Waals surface area (Å²) in [5.74, 6) is 2.31. The van der Waals surface area contributed by atoms with Crippen molar-refractivity contribution in [3.8, 4) is 10.9 Å². The summed E-state index contributed by atoms with van der Waals surface area (Å²) in [6.07, 6.45) is 4.28. The molecule has 1 saturated carbocycles. The lowest BCUT2D eigenvalue weighted by Gasteiger charge is -2.17. The number of hydrogen-bond donors (Lipinski definition) is 0. The number of rotatable bonds is 6. The molecule has 3 rings (SSSR count). The van der Waals surface area contributed by atoms with Gasteiger partial charge in [-0.3, -0.25) is 0 Å². The molecule has 0 atom stereocenters. The van der Waals surface area contributed by atoms with Crippen molar-refractivity contribution < 1.29 is 4.74 Å². The molecule has 0 amide bonds. The SMILES string of the molecule is Cc1cc(Oc2nc(C3CC3)ns2)c(C)cc1N=CN(C)C(C)C. The largest absolute Gasteiger partial charge is 0.430 e. The highest BCUT2D eigenvalue weighted by molar-refractivity contribution is 7.07. The highest BCUT2D eigenvalue weighted by atomic mass is 32.1. The van der Waals surface area contributed by atoms with Gasteiger partial charge in [0.2, 0.25) is 0 Å². The van der Waals surface area contributed by atoms with Gasteiger partial charge >= 0.3 is 0 Å². The molecule has 1 aliphatic carbocycles. The van der Waals surface area contributed by atoms with Crippen LogP contribution in [0.3, 0.4) is 0 Å². The van der Waals surface area contributed by atoms with Gasteiger partial charge in [0.05, 0.1) is 12.0 Å². The summed E-state index contributed by atoms with van der Waals surface area (Å²) < 4.78 is 10.3. The van der Waals surface area contributed by atoms with Gasteiger partial charge < -0.3 is 9.64 Å². The van der Waals surface area contributed by atoms with E-state index in [0.717, 1.165) is 28.4 Å². The summed E-state index contributed by atoms with van der Waals surface area (Å²) in [7, 11) is 2.03. The van der Waals surface area contributed by atoms with Crippen LogP contribution < -0.4 is 4.74 Å². The van der Waals surface area contributed by atoms with E-state index in [9.17, 15) is 0 Å². The van der Waals surface area contributed by atoms with Gasteiger partial charge in [-0.05, 0) is 63.8 Å². The van der Waals surface area contributed by atoms with Crippen LogP contribution in [0.2, 0.25) is 0 Å². The second-order valence-electron chi connectivity index (χ2n) is 6.70. The molecule has 1 aromatic carbocycles. The average molecular weight is 344 g/mol. The summed E-state index contributed by atoms with van der Waals surface area (Å²) in [6, 6.07) is 4.50. The molecular formula is C18H24N4OS. The minimum atomic E-state index is 0.427. The van der Waals surface area contributed by atoms with Crippen LogP contribution in [-0.4, -0.2) is 33.7 Å². The highest BCUT2D eigenvalue weighted by Crippen LogP contribution is 2.40. The Morgan fingerprint density at radius 1 is 1.29 bits per heavy atom. The van der Waals surface area contributed by atoms with Gasteiger partial charge in [0.15, 0.2) is 0 Å². The van der Waals surface area contributed by atoms with Crippen molar-refractivity contribution >= 4 is 23.6 Å². The Bertz CT molecular complexity index is 749. The Hall–Kier alpha value is -1.95. The molecule has 1 aliphatic rings. The number of aryl methyl sites for hydroxylation is 2. The zero-order valence-electron chi connectivity index (χ0n) is 14.9. The summed E-state index contributed by atoms with van der Waals surface area (Å²) in [5.41, 5.74) is 3.09. The van der Waals surface area contributed by atoms with Crippen LogP contribution >= 0.6 is 11.5 Å². The number of hydrogen-bond acceptors (Lipinski definition) is 5. The van der Waals surface area contributed by atoms with Crippen molar-refractivity contribution in [1.82, 2.24) is 14.3 Å². The zero-order valence-corrected chi connectivity index (χ0v) is 15.7. The van der Waals surface area contributed by atoms with E-state index < -0.39 is 0 Å². The van der Waals surface area contributed by atoms with Crippen LogP contribution in [0.15, 0.2) is 17.1 Å². The monoisotopic (exact) mass is 344 g/mol. The minimum Gasteiger partial charge on any atom is -0.430 e. The maximum absolute atomic E-state index is 5.95. The topological polar surface area (TPSA) is 50.6 Å². The summed E-state index contributed by atoms with van der Waals surface area (Å²) in [5, 5.41) is 0.621. The van der Waals surface area contributed by atoms with Crippen LogP contribution in [-0.2, 0) is 0 Å². The minimum absolute atomic E-state index is 0.427. The standard InChI is InChI=1S/C18H24N4OS/c1-11(2)22(5)10-19-15-8-13(4)16(9-12(15)3)23-18-20-17(21-24-18)14-6-7-14/h8-11,14H,6-7H2,1-5H3. The van der Waals surface area contributed by atoms with Crippen LogP contribution in [0, 0.1) is 13.8 Å². The second kappa shape index (κ2) is 6.89. The van der Waals surface area contributed by atoms with E-state index >= 15 is 0 Å². The number of aromatic nitrogens is 2. The van der Waals surface area contributed by atoms with E-state index in [1.54, 1.807) is 0 Å². The molecule has 0 spiro atoms. The molecule has 1 aromatic heterocycles. The van der Waals surface area contributed by atoms with E-state index in [0.29, 0.717) is 17.2 Å². The first kappa shape index (κ1) is 16.9.